The first-order valence-electron chi connectivity index (χ1n) is 9.47. The van der Waals surface area contributed by atoms with Crippen LogP contribution in [0.3, 0.4) is 0 Å². The summed E-state index contributed by atoms with van der Waals surface area (Å²) in [7, 11) is 1.65. The van der Waals surface area contributed by atoms with Crippen LogP contribution in [-0.4, -0.2) is 19.2 Å². The summed E-state index contributed by atoms with van der Waals surface area (Å²) in [6, 6.07) is 14.7. The van der Waals surface area contributed by atoms with E-state index in [1.54, 1.807) is 37.4 Å². The number of benzene rings is 2. The first kappa shape index (κ1) is 21.9. The molecule has 0 fully saturated rings. The van der Waals surface area contributed by atoms with Gasteiger partial charge >= 0.3 is 0 Å². The van der Waals surface area contributed by atoms with Gasteiger partial charge in [-0.1, -0.05) is 29.3 Å². The van der Waals surface area contributed by atoms with Gasteiger partial charge in [0.05, 0.1) is 18.3 Å². The Morgan fingerprint density at radius 3 is 2.73 bits per heavy atom. The number of ether oxygens (including phenoxy) is 1. The van der Waals surface area contributed by atoms with E-state index in [9.17, 15) is 4.79 Å². The number of carbonyl (C=O) groups is 1. The third kappa shape index (κ3) is 5.88. The average molecular weight is 445 g/mol. The third-order valence-corrected chi connectivity index (χ3v) is 5.15. The molecule has 0 spiro atoms. The highest BCUT2D eigenvalue weighted by Crippen LogP contribution is 2.31. The summed E-state index contributed by atoms with van der Waals surface area (Å²) >= 11 is 12.1. The molecule has 1 heterocycles. The number of hydrazone groups is 1. The minimum atomic E-state index is -0.148. The Kier molecular flexibility index (Phi) is 7.55. The fourth-order valence-electron chi connectivity index (χ4n) is 3.00. The first-order valence-corrected chi connectivity index (χ1v) is 10.2. The molecule has 0 unspecified atom stereocenters. The Balaban J connectivity index is 1.47. The standard InChI is InChI=1S/C23H22Cl2N2O3/c1-15-12-18(29-2)8-6-16(15)4-3-5-23(28)27-26-14-19-9-11-22(30-19)20-10-7-17(24)13-21(20)25/h6-14H,3-5H2,1-2H3,(H,27,28)/b26-14-. The molecule has 1 aromatic heterocycles. The summed E-state index contributed by atoms with van der Waals surface area (Å²) in [5.74, 6) is 1.79. The maximum absolute atomic E-state index is 12.0. The molecule has 156 valence electrons. The number of hydrogen-bond acceptors (Lipinski definition) is 4. The Morgan fingerprint density at radius 2 is 2.00 bits per heavy atom. The summed E-state index contributed by atoms with van der Waals surface area (Å²) in [5, 5.41) is 5.02. The lowest BCUT2D eigenvalue weighted by Crippen LogP contribution is -2.17. The average Bonchev–Trinajstić information content (AvgIpc) is 3.17. The normalized spacial score (nSPS) is 11.1. The number of hydrogen-bond donors (Lipinski definition) is 1. The van der Waals surface area contributed by atoms with Gasteiger partial charge in [0, 0.05) is 17.0 Å². The second kappa shape index (κ2) is 10.3. The van der Waals surface area contributed by atoms with Gasteiger partial charge in [0.25, 0.3) is 0 Å². The van der Waals surface area contributed by atoms with Crippen molar-refractivity contribution in [2.75, 3.05) is 7.11 Å². The van der Waals surface area contributed by atoms with Crippen LogP contribution in [0.4, 0.5) is 0 Å². The topological polar surface area (TPSA) is 63.8 Å². The minimum Gasteiger partial charge on any atom is -0.497 e. The number of furan rings is 1. The van der Waals surface area contributed by atoms with Crippen LogP contribution in [0.1, 0.15) is 29.7 Å². The molecule has 0 saturated carbocycles. The van der Waals surface area contributed by atoms with Gasteiger partial charge in [-0.05, 0) is 73.4 Å². The molecule has 0 aliphatic rings. The van der Waals surface area contributed by atoms with Crippen LogP contribution in [0.5, 0.6) is 5.75 Å². The minimum absolute atomic E-state index is 0.148. The molecule has 3 rings (SSSR count). The van der Waals surface area contributed by atoms with Crippen molar-refractivity contribution in [3.05, 3.63) is 75.5 Å². The smallest absolute Gasteiger partial charge is 0.240 e. The first-order chi connectivity index (χ1) is 14.5. The SMILES string of the molecule is COc1ccc(CCCC(=O)N/N=C\c2ccc(-c3ccc(Cl)cc3Cl)o2)c(C)c1. The molecule has 30 heavy (non-hydrogen) atoms. The van der Waals surface area contributed by atoms with Gasteiger partial charge < -0.3 is 9.15 Å². The van der Waals surface area contributed by atoms with E-state index >= 15 is 0 Å². The van der Waals surface area contributed by atoms with E-state index in [0.717, 1.165) is 29.7 Å². The molecule has 7 heteroatoms. The lowest BCUT2D eigenvalue weighted by molar-refractivity contribution is -0.121. The number of nitrogens with zero attached hydrogens (tertiary/aromatic N) is 1. The number of amides is 1. The van der Waals surface area contributed by atoms with E-state index in [1.165, 1.54) is 11.8 Å². The summed E-state index contributed by atoms with van der Waals surface area (Å²) < 4.78 is 10.9. The van der Waals surface area contributed by atoms with E-state index in [0.29, 0.717) is 28.0 Å². The van der Waals surface area contributed by atoms with E-state index in [-0.39, 0.29) is 5.91 Å². The second-order valence-corrected chi connectivity index (χ2v) is 7.61. The summed E-state index contributed by atoms with van der Waals surface area (Å²) in [4.78, 5) is 12.0. The third-order valence-electron chi connectivity index (χ3n) is 4.60. The maximum atomic E-state index is 12.0. The predicted molar refractivity (Wildman–Crippen MR) is 121 cm³/mol. The fourth-order valence-corrected chi connectivity index (χ4v) is 3.50. The monoisotopic (exact) mass is 444 g/mol. The van der Waals surface area contributed by atoms with Gasteiger partial charge in [-0.15, -0.1) is 0 Å². The predicted octanol–water partition coefficient (Wildman–Crippen LogP) is 6.04. The van der Waals surface area contributed by atoms with Gasteiger partial charge in [-0.3, -0.25) is 4.79 Å². The Hall–Kier alpha value is -2.76. The fraction of sp³-hybridized carbons (Fsp3) is 0.217. The zero-order chi connectivity index (χ0) is 21.5. The van der Waals surface area contributed by atoms with Crippen LogP contribution in [0.15, 0.2) is 58.0 Å². The van der Waals surface area contributed by atoms with Crippen molar-refractivity contribution < 1.29 is 13.9 Å². The number of methoxy groups -OCH3 is 1. The van der Waals surface area contributed by atoms with Gasteiger partial charge in [0.15, 0.2) is 0 Å². The lowest BCUT2D eigenvalue weighted by Gasteiger charge is -2.07. The zero-order valence-electron chi connectivity index (χ0n) is 16.7. The van der Waals surface area contributed by atoms with Crippen molar-refractivity contribution in [2.45, 2.75) is 26.2 Å². The number of carbonyl (C=O) groups excluding carboxylic acids is 1. The largest absolute Gasteiger partial charge is 0.497 e. The van der Waals surface area contributed by atoms with Crippen molar-refractivity contribution in [1.29, 1.82) is 0 Å². The van der Waals surface area contributed by atoms with E-state index in [1.807, 2.05) is 25.1 Å². The summed E-state index contributed by atoms with van der Waals surface area (Å²) in [6.45, 7) is 2.04. The van der Waals surface area contributed by atoms with Crippen LogP contribution in [0.2, 0.25) is 10.0 Å². The summed E-state index contributed by atoms with van der Waals surface area (Å²) in [5.41, 5.74) is 5.62. The number of aryl methyl sites for hydroxylation is 2. The van der Waals surface area contributed by atoms with E-state index < -0.39 is 0 Å². The lowest BCUT2D eigenvalue weighted by atomic mass is 10.0. The molecule has 3 aromatic rings. The van der Waals surface area contributed by atoms with Crippen molar-refractivity contribution in [2.24, 2.45) is 5.10 Å². The quantitative estimate of drug-likeness (QED) is 0.340. The van der Waals surface area contributed by atoms with E-state index in [2.05, 4.69) is 10.5 Å². The van der Waals surface area contributed by atoms with Crippen LogP contribution < -0.4 is 10.2 Å². The molecule has 1 N–H and O–H groups in total. The molecule has 2 aromatic carbocycles. The Morgan fingerprint density at radius 1 is 1.17 bits per heavy atom. The van der Waals surface area contributed by atoms with Crippen molar-refractivity contribution in [3.63, 3.8) is 0 Å². The molecule has 1 amide bonds. The summed E-state index contributed by atoms with van der Waals surface area (Å²) in [6.07, 6.45) is 3.39. The highest BCUT2D eigenvalue weighted by Gasteiger charge is 2.09. The highest BCUT2D eigenvalue weighted by atomic mass is 35.5. The number of nitrogens with one attached hydrogen (secondary N) is 1. The zero-order valence-corrected chi connectivity index (χ0v) is 18.3. The molecule has 5 nitrogen and oxygen atoms in total. The molecule has 0 aliphatic heterocycles. The Bertz CT molecular complexity index is 1060. The van der Waals surface area contributed by atoms with Crippen molar-refractivity contribution in [1.82, 2.24) is 5.43 Å². The number of halogens is 2. The van der Waals surface area contributed by atoms with Gasteiger partial charge in [-0.25, -0.2) is 5.43 Å². The van der Waals surface area contributed by atoms with Crippen molar-refractivity contribution >= 4 is 35.3 Å². The molecular weight excluding hydrogens is 423 g/mol. The Labute approximate surface area is 185 Å². The van der Waals surface area contributed by atoms with Gasteiger partial charge in [0.1, 0.15) is 17.3 Å². The van der Waals surface area contributed by atoms with Crippen LogP contribution >= 0.6 is 23.2 Å². The molecular formula is C23H22Cl2N2O3. The molecule has 0 radical (unpaired) electrons. The molecule has 0 atom stereocenters. The van der Waals surface area contributed by atoms with Crippen LogP contribution in [0.25, 0.3) is 11.3 Å². The molecule has 0 saturated heterocycles. The van der Waals surface area contributed by atoms with Crippen molar-refractivity contribution in [3.8, 4) is 17.1 Å². The molecule has 0 aliphatic carbocycles. The van der Waals surface area contributed by atoms with Gasteiger partial charge in [0.2, 0.25) is 5.91 Å². The molecule has 0 bridgehead atoms. The highest BCUT2D eigenvalue weighted by molar-refractivity contribution is 6.36. The van der Waals surface area contributed by atoms with Crippen LogP contribution in [-0.2, 0) is 11.2 Å². The second-order valence-electron chi connectivity index (χ2n) is 6.77. The van der Waals surface area contributed by atoms with Gasteiger partial charge in [-0.2, -0.15) is 5.10 Å². The number of rotatable bonds is 8. The van der Waals surface area contributed by atoms with E-state index in [4.69, 9.17) is 32.4 Å². The maximum Gasteiger partial charge on any atom is 0.240 e. The van der Waals surface area contributed by atoms with Crippen LogP contribution in [0, 0.1) is 6.92 Å².